The van der Waals surface area contributed by atoms with Gasteiger partial charge >= 0.3 is 0 Å². The molecule has 3 heteroatoms. The average Bonchev–Trinajstić information content (AvgIpc) is 2.49. The Morgan fingerprint density at radius 3 is 1.76 bits per heavy atom. The van der Waals surface area contributed by atoms with E-state index in [1.54, 1.807) is 0 Å². The van der Waals surface area contributed by atoms with Gasteiger partial charge in [0.25, 0.3) is 0 Å². The molecule has 0 bridgehead atoms. The Bertz CT molecular complexity index is 411. The van der Waals surface area contributed by atoms with E-state index in [4.69, 9.17) is 0 Å². The van der Waals surface area contributed by atoms with Gasteiger partial charge in [0.05, 0.1) is 0 Å². The largest absolute Gasteiger partial charge is 0.301 e. The molecular weight excluding hydrogens is 306 g/mol. The highest BCUT2D eigenvalue weighted by molar-refractivity contribution is 5.07. The van der Waals surface area contributed by atoms with Crippen molar-refractivity contribution in [2.24, 2.45) is 17.3 Å². The van der Waals surface area contributed by atoms with Crippen LogP contribution in [0.2, 0.25) is 0 Å². The van der Waals surface area contributed by atoms with Gasteiger partial charge in [-0.2, -0.15) is 0 Å². The van der Waals surface area contributed by atoms with Crippen molar-refractivity contribution in [2.45, 2.75) is 85.4 Å². The van der Waals surface area contributed by atoms with E-state index < -0.39 is 0 Å². The van der Waals surface area contributed by atoms with Crippen LogP contribution in [0.15, 0.2) is 0 Å². The van der Waals surface area contributed by atoms with Gasteiger partial charge < -0.3 is 4.90 Å². The van der Waals surface area contributed by atoms with E-state index in [1.165, 1.54) is 65.0 Å². The summed E-state index contributed by atoms with van der Waals surface area (Å²) in [7, 11) is 0. The van der Waals surface area contributed by atoms with E-state index in [0.29, 0.717) is 5.41 Å². The summed E-state index contributed by atoms with van der Waals surface area (Å²) >= 11 is 0. The molecule has 3 heterocycles. The van der Waals surface area contributed by atoms with Crippen LogP contribution < -0.4 is 0 Å². The van der Waals surface area contributed by atoms with Crippen LogP contribution in [-0.4, -0.2) is 72.1 Å². The third-order valence-electron chi connectivity index (χ3n) is 7.66. The maximum atomic E-state index is 2.76. The number of nitrogens with zero attached hydrogens (tertiary/aromatic N) is 3. The molecule has 2 unspecified atom stereocenters. The quantitative estimate of drug-likeness (QED) is 0.689. The summed E-state index contributed by atoms with van der Waals surface area (Å²) in [6.45, 7) is 22.4. The predicted molar refractivity (Wildman–Crippen MR) is 108 cm³/mol. The Hall–Kier alpha value is -0.120. The molecule has 3 aliphatic rings. The first-order valence-corrected chi connectivity index (χ1v) is 11.0. The fourth-order valence-corrected chi connectivity index (χ4v) is 5.43. The minimum Gasteiger partial charge on any atom is -0.301 e. The fourth-order valence-electron chi connectivity index (χ4n) is 5.43. The predicted octanol–water partition coefficient (Wildman–Crippen LogP) is 3.94. The van der Waals surface area contributed by atoms with Crippen molar-refractivity contribution in [1.82, 2.24) is 14.7 Å². The topological polar surface area (TPSA) is 9.72 Å². The molecule has 3 nitrogen and oxygen atoms in total. The smallest absolute Gasteiger partial charge is 0.0212 e. The summed E-state index contributed by atoms with van der Waals surface area (Å²) in [5.41, 5.74) is 0.674. The van der Waals surface area contributed by atoms with Gasteiger partial charge in [0.15, 0.2) is 0 Å². The number of hydrogen-bond donors (Lipinski definition) is 0. The van der Waals surface area contributed by atoms with Gasteiger partial charge in [0, 0.05) is 49.7 Å². The van der Waals surface area contributed by atoms with Crippen LogP contribution in [0.3, 0.4) is 0 Å². The molecule has 146 valence electrons. The molecule has 0 aromatic rings. The van der Waals surface area contributed by atoms with Gasteiger partial charge in [0.1, 0.15) is 0 Å². The van der Waals surface area contributed by atoms with Crippen molar-refractivity contribution in [2.75, 3.05) is 39.3 Å². The number of likely N-dealkylation sites (tertiary alicyclic amines) is 3. The zero-order valence-corrected chi connectivity index (χ0v) is 17.8. The molecule has 0 aliphatic carbocycles. The van der Waals surface area contributed by atoms with E-state index in [0.717, 1.165) is 30.0 Å². The standard InChI is InChI=1S/C22H43N3/c1-17(2)23-11-9-21(10-12-23)19(5)7-8-20(6)25-15-22(16-25)13-24(14-22)18(3)4/h17-21H,7-16H2,1-6H3. The minimum absolute atomic E-state index is 0.674. The van der Waals surface area contributed by atoms with Crippen LogP contribution in [0, 0.1) is 17.3 Å². The molecule has 3 saturated heterocycles. The van der Waals surface area contributed by atoms with Gasteiger partial charge in [-0.1, -0.05) is 6.92 Å². The highest BCUT2D eigenvalue weighted by Gasteiger charge is 2.52. The molecule has 0 aromatic carbocycles. The van der Waals surface area contributed by atoms with Crippen LogP contribution in [0.5, 0.6) is 0 Å². The first-order valence-electron chi connectivity index (χ1n) is 11.0. The van der Waals surface area contributed by atoms with Crippen molar-refractivity contribution in [3.63, 3.8) is 0 Å². The molecule has 0 N–H and O–H groups in total. The summed E-state index contributed by atoms with van der Waals surface area (Å²) in [6.07, 6.45) is 5.67. The number of rotatable bonds is 7. The van der Waals surface area contributed by atoms with E-state index >= 15 is 0 Å². The first-order chi connectivity index (χ1) is 11.8. The van der Waals surface area contributed by atoms with Gasteiger partial charge in [-0.3, -0.25) is 9.80 Å². The number of piperidine rings is 1. The van der Waals surface area contributed by atoms with Gasteiger partial charge in [-0.05, 0) is 85.2 Å². The van der Waals surface area contributed by atoms with Gasteiger partial charge in [0.2, 0.25) is 0 Å². The molecule has 0 radical (unpaired) electrons. The van der Waals surface area contributed by atoms with Crippen LogP contribution >= 0.6 is 0 Å². The van der Waals surface area contributed by atoms with Crippen LogP contribution in [0.4, 0.5) is 0 Å². The van der Waals surface area contributed by atoms with E-state index in [2.05, 4.69) is 56.2 Å². The first kappa shape index (κ1) is 19.6. The second kappa shape index (κ2) is 7.86. The second-order valence-corrected chi connectivity index (χ2v) is 10.3. The van der Waals surface area contributed by atoms with E-state index in [9.17, 15) is 0 Å². The Labute approximate surface area is 157 Å². The zero-order chi connectivity index (χ0) is 18.2. The van der Waals surface area contributed by atoms with Crippen molar-refractivity contribution < 1.29 is 0 Å². The number of hydrogen-bond acceptors (Lipinski definition) is 3. The van der Waals surface area contributed by atoms with Crippen LogP contribution in [-0.2, 0) is 0 Å². The molecule has 0 amide bonds. The molecule has 3 rings (SSSR count). The molecular formula is C22H43N3. The normalized spacial score (nSPS) is 28.3. The monoisotopic (exact) mass is 349 g/mol. The average molecular weight is 350 g/mol. The Morgan fingerprint density at radius 2 is 1.24 bits per heavy atom. The van der Waals surface area contributed by atoms with Crippen LogP contribution in [0.25, 0.3) is 0 Å². The molecule has 1 spiro atoms. The maximum absolute atomic E-state index is 2.76. The third kappa shape index (κ3) is 4.42. The molecule has 3 fully saturated rings. The van der Waals surface area contributed by atoms with Crippen molar-refractivity contribution in [3.8, 4) is 0 Å². The lowest BCUT2D eigenvalue weighted by Gasteiger charge is -2.63. The lowest BCUT2D eigenvalue weighted by molar-refractivity contribution is -0.138. The maximum Gasteiger partial charge on any atom is 0.0212 e. The SMILES string of the molecule is CC(CCC(C)N1CC2(CN(C(C)C)C2)C1)C1CCN(C(C)C)CC1. The molecule has 2 atom stereocenters. The minimum atomic E-state index is 0.674. The molecule has 0 saturated carbocycles. The molecule has 25 heavy (non-hydrogen) atoms. The summed E-state index contributed by atoms with van der Waals surface area (Å²) in [5.74, 6) is 1.88. The molecule has 3 aliphatic heterocycles. The van der Waals surface area contributed by atoms with E-state index in [1.807, 2.05) is 0 Å². The Balaban J connectivity index is 1.32. The van der Waals surface area contributed by atoms with E-state index in [-0.39, 0.29) is 0 Å². The van der Waals surface area contributed by atoms with Gasteiger partial charge in [-0.25, -0.2) is 0 Å². The Morgan fingerprint density at radius 1 is 0.720 bits per heavy atom. The Kier molecular flexibility index (Phi) is 6.17. The fraction of sp³-hybridized carbons (Fsp3) is 1.00. The molecule has 0 aromatic heterocycles. The third-order valence-corrected chi connectivity index (χ3v) is 7.66. The van der Waals surface area contributed by atoms with Crippen molar-refractivity contribution in [1.29, 1.82) is 0 Å². The highest BCUT2D eigenvalue weighted by Crippen LogP contribution is 2.42. The summed E-state index contributed by atoms with van der Waals surface area (Å²) in [4.78, 5) is 8.05. The lowest BCUT2D eigenvalue weighted by Crippen LogP contribution is -2.74. The van der Waals surface area contributed by atoms with Crippen molar-refractivity contribution >= 4 is 0 Å². The highest BCUT2D eigenvalue weighted by atomic mass is 15.3. The second-order valence-electron chi connectivity index (χ2n) is 10.3. The summed E-state index contributed by atoms with van der Waals surface area (Å²) in [6, 6.07) is 2.25. The lowest BCUT2D eigenvalue weighted by atomic mass is 9.71. The van der Waals surface area contributed by atoms with Crippen LogP contribution in [0.1, 0.15) is 67.2 Å². The summed E-state index contributed by atoms with van der Waals surface area (Å²) < 4.78 is 0. The zero-order valence-electron chi connectivity index (χ0n) is 17.8. The summed E-state index contributed by atoms with van der Waals surface area (Å²) in [5, 5.41) is 0. The van der Waals surface area contributed by atoms with Crippen molar-refractivity contribution in [3.05, 3.63) is 0 Å². The van der Waals surface area contributed by atoms with Gasteiger partial charge in [-0.15, -0.1) is 0 Å².